The number of halogens is 1. The summed E-state index contributed by atoms with van der Waals surface area (Å²) in [4.78, 5) is 10.2. The van der Waals surface area contributed by atoms with Crippen LogP contribution in [-0.4, -0.2) is 29.2 Å². The molecule has 0 radical (unpaired) electrons. The second kappa shape index (κ2) is 6.19. The summed E-state index contributed by atoms with van der Waals surface area (Å²) in [5.41, 5.74) is 0.240. The number of aromatic nitrogens is 2. The second-order valence-electron chi connectivity index (χ2n) is 5.12. The van der Waals surface area contributed by atoms with Gasteiger partial charge in [0.25, 0.3) is 0 Å². The van der Waals surface area contributed by atoms with Gasteiger partial charge in [-0.05, 0) is 42.8 Å². The van der Waals surface area contributed by atoms with Crippen molar-refractivity contribution in [1.29, 1.82) is 0 Å². The van der Waals surface area contributed by atoms with E-state index in [1.807, 2.05) is 13.0 Å². The number of nitrogens with one attached hydrogen (secondary N) is 1. The van der Waals surface area contributed by atoms with Crippen molar-refractivity contribution in [3.8, 4) is 5.75 Å². The monoisotopic (exact) mass is 383 g/mol. The van der Waals surface area contributed by atoms with Crippen LogP contribution in [-0.2, 0) is 9.84 Å². The summed E-state index contributed by atoms with van der Waals surface area (Å²) in [7, 11) is -3.38. The standard InChI is InChI=1S/C15H14ClN3O3S2/c1-3-24(21,22)9-4-5-12(20)11(7-9)17-13-10-6-8(2)23-14(10)19-15(16)18-13/h4-7,20H,3H2,1-2H3,(H,17,18,19). The van der Waals surface area contributed by atoms with E-state index >= 15 is 0 Å². The zero-order chi connectivity index (χ0) is 17.5. The van der Waals surface area contributed by atoms with E-state index < -0.39 is 9.84 Å². The zero-order valence-electron chi connectivity index (χ0n) is 12.9. The van der Waals surface area contributed by atoms with Crippen LogP contribution in [0.15, 0.2) is 29.2 Å². The minimum absolute atomic E-state index is 0.0233. The number of benzene rings is 1. The Morgan fingerprint density at radius 2 is 2.04 bits per heavy atom. The normalized spacial score (nSPS) is 11.8. The van der Waals surface area contributed by atoms with Gasteiger partial charge in [0.05, 0.1) is 21.7 Å². The van der Waals surface area contributed by atoms with Gasteiger partial charge >= 0.3 is 0 Å². The smallest absolute Gasteiger partial charge is 0.225 e. The van der Waals surface area contributed by atoms with Crippen molar-refractivity contribution in [3.05, 3.63) is 34.4 Å². The van der Waals surface area contributed by atoms with Crippen molar-refractivity contribution >= 4 is 54.5 Å². The van der Waals surface area contributed by atoms with Crippen LogP contribution >= 0.6 is 22.9 Å². The number of rotatable bonds is 4. The maximum atomic E-state index is 12.0. The van der Waals surface area contributed by atoms with E-state index in [4.69, 9.17) is 11.6 Å². The topological polar surface area (TPSA) is 92.2 Å². The van der Waals surface area contributed by atoms with Crippen molar-refractivity contribution in [2.75, 3.05) is 11.1 Å². The van der Waals surface area contributed by atoms with Crippen LogP contribution in [0.4, 0.5) is 11.5 Å². The van der Waals surface area contributed by atoms with E-state index in [0.29, 0.717) is 10.6 Å². The minimum Gasteiger partial charge on any atom is -0.506 e. The highest BCUT2D eigenvalue weighted by Crippen LogP contribution is 2.34. The van der Waals surface area contributed by atoms with Crippen LogP contribution in [0.3, 0.4) is 0 Å². The van der Waals surface area contributed by atoms with E-state index in [0.717, 1.165) is 10.3 Å². The van der Waals surface area contributed by atoms with Crippen molar-refractivity contribution in [2.24, 2.45) is 0 Å². The van der Waals surface area contributed by atoms with Crippen molar-refractivity contribution < 1.29 is 13.5 Å². The Morgan fingerprint density at radius 3 is 2.75 bits per heavy atom. The molecule has 0 saturated carbocycles. The highest BCUT2D eigenvalue weighted by Gasteiger charge is 2.16. The van der Waals surface area contributed by atoms with E-state index in [2.05, 4.69) is 15.3 Å². The van der Waals surface area contributed by atoms with Gasteiger partial charge in [0.2, 0.25) is 5.28 Å². The molecule has 0 amide bonds. The molecule has 3 aromatic rings. The fraction of sp³-hybridized carbons (Fsp3) is 0.200. The van der Waals surface area contributed by atoms with Gasteiger partial charge in [-0.2, -0.15) is 4.98 Å². The third-order valence-corrected chi connectivity index (χ3v) is 6.29. The molecule has 0 aliphatic heterocycles. The number of sulfone groups is 1. The Bertz CT molecular complexity index is 1030. The average Bonchev–Trinajstić information content (AvgIpc) is 2.89. The maximum absolute atomic E-state index is 12.0. The van der Waals surface area contributed by atoms with Gasteiger partial charge < -0.3 is 10.4 Å². The number of phenolic OH excluding ortho intramolecular Hbond substituents is 1. The van der Waals surface area contributed by atoms with Gasteiger partial charge in [-0.3, -0.25) is 0 Å². The highest BCUT2D eigenvalue weighted by molar-refractivity contribution is 7.91. The third-order valence-electron chi connectivity index (χ3n) is 3.45. The Hall–Kier alpha value is -1.90. The molecule has 0 atom stereocenters. The van der Waals surface area contributed by atoms with Crippen LogP contribution in [0.1, 0.15) is 11.8 Å². The van der Waals surface area contributed by atoms with Crippen LogP contribution in [0.25, 0.3) is 10.2 Å². The van der Waals surface area contributed by atoms with Gasteiger partial charge in [-0.1, -0.05) is 6.92 Å². The Labute approximate surface area is 148 Å². The summed E-state index contributed by atoms with van der Waals surface area (Å²) in [5.74, 6) is 0.306. The lowest BCUT2D eigenvalue weighted by Gasteiger charge is -2.11. The Morgan fingerprint density at radius 1 is 1.29 bits per heavy atom. The molecular weight excluding hydrogens is 370 g/mol. The average molecular weight is 384 g/mol. The molecule has 3 rings (SSSR count). The second-order valence-corrected chi connectivity index (χ2v) is 8.98. The lowest BCUT2D eigenvalue weighted by Crippen LogP contribution is -2.04. The predicted octanol–water partition coefficient (Wildman–Crippen LogP) is 3.90. The molecule has 9 heteroatoms. The van der Waals surface area contributed by atoms with Gasteiger partial charge in [0.15, 0.2) is 9.84 Å². The molecule has 6 nitrogen and oxygen atoms in total. The predicted molar refractivity (Wildman–Crippen MR) is 96.3 cm³/mol. The van der Waals surface area contributed by atoms with Crippen LogP contribution in [0.2, 0.25) is 5.28 Å². The first-order valence-corrected chi connectivity index (χ1v) is 9.91. The number of nitrogens with zero attached hydrogens (tertiary/aromatic N) is 2. The zero-order valence-corrected chi connectivity index (χ0v) is 15.3. The molecule has 2 aromatic heterocycles. The largest absolute Gasteiger partial charge is 0.506 e. The minimum atomic E-state index is -3.38. The first-order valence-electron chi connectivity index (χ1n) is 7.06. The number of aromatic hydroxyl groups is 1. The third kappa shape index (κ3) is 3.17. The molecule has 0 bridgehead atoms. The molecular formula is C15H14ClN3O3S2. The van der Waals surface area contributed by atoms with E-state index in [9.17, 15) is 13.5 Å². The molecule has 24 heavy (non-hydrogen) atoms. The van der Waals surface area contributed by atoms with Crippen LogP contribution in [0.5, 0.6) is 5.75 Å². The number of thiophene rings is 1. The van der Waals surface area contributed by atoms with Gasteiger partial charge in [0, 0.05) is 4.88 Å². The summed E-state index contributed by atoms with van der Waals surface area (Å²) in [5, 5.41) is 13.8. The lowest BCUT2D eigenvalue weighted by atomic mass is 10.2. The van der Waals surface area contributed by atoms with Crippen molar-refractivity contribution in [2.45, 2.75) is 18.7 Å². The Balaban J connectivity index is 2.10. The molecule has 0 fully saturated rings. The molecule has 2 heterocycles. The first-order chi connectivity index (χ1) is 11.3. The molecule has 0 saturated heterocycles. The summed E-state index contributed by atoms with van der Waals surface area (Å²) in [6, 6.07) is 6.00. The number of hydrogen-bond acceptors (Lipinski definition) is 7. The summed E-state index contributed by atoms with van der Waals surface area (Å²) in [6.07, 6.45) is 0. The number of anilines is 2. The van der Waals surface area contributed by atoms with E-state index in [-0.39, 0.29) is 27.4 Å². The molecule has 0 unspecified atom stereocenters. The summed E-state index contributed by atoms with van der Waals surface area (Å²) >= 11 is 7.42. The van der Waals surface area contributed by atoms with Crippen LogP contribution in [0, 0.1) is 6.92 Å². The first kappa shape index (κ1) is 16.9. The maximum Gasteiger partial charge on any atom is 0.225 e. The quantitative estimate of drug-likeness (QED) is 0.524. The lowest BCUT2D eigenvalue weighted by molar-refractivity contribution is 0.477. The highest BCUT2D eigenvalue weighted by atomic mass is 35.5. The molecule has 2 N–H and O–H groups in total. The van der Waals surface area contributed by atoms with Crippen molar-refractivity contribution in [3.63, 3.8) is 0 Å². The van der Waals surface area contributed by atoms with Gasteiger partial charge in [0.1, 0.15) is 16.4 Å². The van der Waals surface area contributed by atoms with E-state index in [1.165, 1.54) is 29.5 Å². The van der Waals surface area contributed by atoms with E-state index in [1.54, 1.807) is 6.92 Å². The number of phenols is 1. The summed E-state index contributed by atoms with van der Waals surface area (Å²) < 4.78 is 24.1. The number of aryl methyl sites for hydroxylation is 1. The fourth-order valence-electron chi connectivity index (χ4n) is 2.21. The Kier molecular flexibility index (Phi) is 4.37. The molecule has 1 aromatic carbocycles. The molecule has 0 aliphatic rings. The molecule has 0 aliphatic carbocycles. The molecule has 0 spiro atoms. The number of hydrogen-bond donors (Lipinski definition) is 2. The fourth-order valence-corrected chi connectivity index (χ4v) is 4.22. The number of fused-ring (bicyclic) bond motifs is 1. The van der Waals surface area contributed by atoms with Crippen molar-refractivity contribution in [1.82, 2.24) is 9.97 Å². The van der Waals surface area contributed by atoms with Crippen LogP contribution < -0.4 is 5.32 Å². The SMILES string of the molecule is CCS(=O)(=O)c1ccc(O)c(Nc2nc(Cl)nc3sc(C)cc23)c1. The summed E-state index contributed by atoms with van der Waals surface area (Å²) in [6.45, 7) is 3.51. The van der Waals surface area contributed by atoms with Gasteiger partial charge in [-0.25, -0.2) is 13.4 Å². The molecule has 126 valence electrons. The van der Waals surface area contributed by atoms with Gasteiger partial charge in [-0.15, -0.1) is 11.3 Å².